The Morgan fingerprint density at radius 1 is 0.486 bits per heavy atom. The van der Waals surface area contributed by atoms with Gasteiger partial charge in [-0.3, -0.25) is 14.5 Å². The van der Waals surface area contributed by atoms with Crippen molar-refractivity contribution in [2.24, 2.45) is 0 Å². The van der Waals surface area contributed by atoms with E-state index >= 15 is 0 Å². The molecule has 0 N–H and O–H groups in total. The molecule has 1 aliphatic heterocycles. The molecule has 0 saturated carbocycles. The molecule has 0 unspecified atom stereocenters. The van der Waals surface area contributed by atoms with Crippen molar-refractivity contribution in [3.8, 4) is 0 Å². The molecule has 35 heavy (non-hydrogen) atoms. The van der Waals surface area contributed by atoms with E-state index in [0.717, 1.165) is 17.9 Å². The van der Waals surface area contributed by atoms with Crippen molar-refractivity contribution >= 4 is 11.8 Å². The third-order valence-electron chi connectivity index (χ3n) is 5.74. The number of unbranched alkanes of at least 4 members (excludes halogenated alkanes) is 10. The number of imide groups is 1. The first-order valence-corrected chi connectivity index (χ1v) is 13.7. The molecule has 0 spiro atoms. The summed E-state index contributed by atoms with van der Waals surface area (Å²) in [6, 6.07) is 0. The van der Waals surface area contributed by atoms with Crippen LogP contribution in [0.3, 0.4) is 0 Å². The van der Waals surface area contributed by atoms with Gasteiger partial charge in [0.1, 0.15) is 0 Å². The summed E-state index contributed by atoms with van der Waals surface area (Å²) in [6.45, 7) is 7.81. The summed E-state index contributed by atoms with van der Waals surface area (Å²) < 4.78 is 27.4. The summed E-state index contributed by atoms with van der Waals surface area (Å²) in [5.74, 6) is -0.578. The van der Waals surface area contributed by atoms with Crippen LogP contribution in [-0.2, 0) is 33.3 Å². The molecular formula is C27H49NO7. The molecule has 8 nitrogen and oxygen atoms in total. The lowest BCUT2D eigenvalue weighted by Crippen LogP contribution is -2.33. The third kappa shape index (κ3) is 19.5. The first-order valence-electron chi connectivity index (χ1n) is 13.7. The van der Waals surface area contributed by atoms with Crippen LogP contribution in [-0.4, -0.2) is 89.3 Å². The van der Waals surface area contributed by atoms with E-state index in [1.807, 2.05) is 0 Å². The Morgan fingerprint density at radius 2 is 0.829 bits per heavy atom. The molecule has 1 heterocycles. The Hall–Kier alpha value is -1.32. The molecule has 2 amide bonds. The van der Waals surface area contributed by atoms with Gasteiger partial charge in [0.2, 0.25) is 0 Å². The van der Waals surface area contributed by atoms with Gasteiger partial charge in [-0.1, -0.05) is 71.1 Å². The zero-order valence-electron chi connectivity index (χ0n) is 22.0. The fourth-order valence-electron chi connectivity index (χ4n) is 3.66. The van der Waals surface area contributed by atoms with Gasteiger partial charge < -0.3 is 23.7 Å². The lowest BCUT2D eigenvalue weighted by atomic mass is 10.1. The van der Waals surface area contributed by atoms with Crippen LogP contribution in [0.4, 0.5) is 0 Å². The van der Waals surface area contributed by atoms with E-state index in [4.69, 9.17) is 23.7 Å². The fourth-order valence-corrected chi connectivity index (χ4v) is 3.66. The third-order valence-corrected chi connectivity index (χ3v) is 5.74. The lowest BCUT2D eigenvalue weighted by Gasteiger charge is -2.13. The van der Waals surface area contributed by atoms with E-state index in [2.05, 4.69) is 6.92 Å². The Kier molecular flexibility index (Phi) is 22.1. The minimum absolute atomic E-state index is 0.262. The number of nitrogens with zero attached hydrogens (tertiary/aromatic N) is 1. The minimum Gasteiger partial charge on any atom is -0.379 e. The molecule has 0 aliphatic carbocycles. The number of carbonyl (C=O) groups is 2. The molecule has 0 radical (unpaired) electrons. The molecule has 1 rings (SSSR count). The number of ether oxygens (including phenoxy) is 5. The van der Waals surface area contributed by atoms with Crippen molar-refractivity contribution in [1.82, 2.24) is 4.90 Å². The van der Waals surface area contributed by atoms with E-state index in [1.54, 1.807) is 0 Å². The van der Waals surface area contributed by atoms with Crippen molar-refractivity contribution in [1.29, 1.82) is 0 Å². The maximum absolute atomic E-state index is 11.4. The fraction of sp³-hybridized carbons (Fsp3) is 0.852. The molecule has 0 atom stereocenters. The molecule has 0 aromatic heterocycles. The first-order chi connectivity index (χ1) is 17.3. The maximum Gasteiger partial charge on any atom is 0.253 e. The van der Waals surface area contributed by atoms with E-state index in [9.17, 15) is 9.59 Å². The van der Waals surface area contributed by atoms with E-state index < -0.39 is 0 Å². The summed E-state index contributed by atoms with van der Waals surface area (Å²) in [5.41, 5.74) is 0. The van der Waals surface area contributed by atoms with Crippen LogP contribution in [0.25, 0.3) is 0 Å². The molecule has 204 valence electrons. The quantitative estimate of drug-likeness (QED) is 0.123. The number of carbonyl (C=O) groups excluding carboxylic acids is 2. The molecule has 0 saturated heterocycles. The average molecular weight is 500 g/mol. The van der Waals surface area contributed by atoms with Crippen LogP contribution in [0.15, 0.2) is 12.2 Å². The monoisotopic (exact) mass is 499 g/mol. The van der Waals surface area contributed by atoms with Crippen molar-refractivity contribution in [2.45, 2.75) is 77.6 Å². The highest BCUT2D eigenvalue weighted by atomic mass is 16.6. The van der Waals surface area contributed by atoms with Crippen molar-refractivity contribution in [3.05, 3.63) is 12.2 Å². The summed E-state index contributed by atoms with van der Waals surface area (Å²) in [4.78, 5) is 23.9. The maximum atomic E-state index is 11.4. The predicted octanol–water partition coefficient (Wildman–Crippen LogP) is 4.31. The highest BCUT2D eigenvalue weighted by Crippen LogP contribution is 2.11. The predicted molar refractivity (Wildman–Crippen MR) is 136 cm³/mol. The topological polar surface area (TPSA) is 83.5 Å². The zero-order chi connectivity index (χ0) is 25.2. The van der Waals surface area contributed by atoms with Crippen molar-refractivity contribution in [3.63, 3.8) is 0 Å². The summed E-state index contributed by atoms with van der Waals surface area (Å²) in [5, 5.41) is 0. The first kappa shape index (κ1) is 31.7. The smallest absolute Gasteiger partial charge is 0.253 e. The number of rotatable bonds is 27. The van der Waals surface area contributed by atoms with Crippen LogP contribution >= 0.6 is 0 Å². The van der Waals surface area contributed by atoms with Crippen LogP contribution in [0.2, 0.25) is 0 Å². The SMILES string of the molecule is CCCCCCCCCCCCCOCCOCCOCCOCCOCCN1C(=O)C=CC1=O. The van der Waals surface area contributed by atoms with Crippen LogP contribution in [0.1, 0.15) is 77.6 Å². The Labute approximate surface area is 212 Å². The highest BCUT2D eigenvalue weighted by molar-refractivity contribution is 6.12. The van der Waals surface area contributed by atoms with Crippen molar-refractivity contribution in [2.75, 3.05) is 72.6 Å². The zero-order valence-corrected chi connectivity index (χ0v) is 22.0. The largest absolute Gasteiger partial charge is 0.379 e. The van der Waals surface area contributed by atoms with E-state index in [-0.39, 0.29) is 18.4 Å². The van der Waals surface area contributed by atoms with Crippen molar-refractivity contribution < 1.29 is 33.3 Å². The summed E-state index contributed by atoms with van der Waals surface area (Å²) in [6.07, 6.45) is 17.4. The Bertz CT molecular complexity index is 524. The molecule has 8 heteroatoms. The second-order valence-electron chi connectivity index (χ2n) is 8.76. The van der Waals surface area contributed by atoms with Gasteiger partial charge in [0, 0.05) is 18.8 Å². The number of hydrogen-bond acceptors (Lipinski definition) is 7. The van der Waals surface area contributed by atoms with Gasteiger partial charge in [-0.2, -0.15) is 0 Å². The molecule has 1 aliphatic rings. The van der Waals surface area contributed by atoms with Gasteiger partial charge in [0.25, 0.3) is 11.8 Å². The Morgan fingerprint density at radius 3 is 1.26 bits per heavy atom. The Balaban J connectivity index is 1.65. The van der Waals surface area contributed by atoms with Gasteiger partial charge in [-0.05, 0) is 6.42 Å². The highest BCUT2D eigenvalue weighted by Gasteiger charge is 2.22. The van der Waals surface area contributed by atoms with Gasteiger partial charge in [0.05, 0.1) is 66.0 Å². The van der Waals surface area contributed by atoms with Gasteiger partial charge in [-0.15, -0.1) is 0 Å². The summed E-state index contributed by atoms with van der Waals surface area (Å²) in [7, 11) is 0. The molecule has 0 aromatic rings. The average Bonchev–Trinajstić information content (AvgIpc) is 3.18. The second-order valence-corrected chi connectivity index (χ2v) is 8.76. The number of hydrogen-bond donors (Lipinski definition) is 0. The van der Waals surface area contributed by atoms with Gasteiger partial charge in [0.15, 0.2) is 0 Å². The molecule has 0 aromatic carbocycles. The normalized spacial score (nSPS) is 13.5. The number of amides is 2. The minimum atomic E-state index is -0.289. The lowest BCUT2D eigenvalue weighted by molar-refractivity contribution is -0.137. The second kappa shape index (κ2) is 24.4. The van der Waals surface area contributed by atoms with E-state index in [1.165, 1.54) is 76.4 Å². The van der Waals surface area contributed by atoms with E-state index in [0.29, 0.717) is 59.5 Å². The summed E-state index contributed by atoms with van der Waals surface area (Å²) >= 11 is 0. The van der Waals surface area contributed by atoms with Crippen LogP contribution in [0.5, 0.6) is 0 Å². The molecule has 0 bridgehead atoms. The van der Waals surface area contributed by atoms with Gasteiger partial charge >= 0.3 is 0 Å². The standard InChI is InChI=1S/C27H49NO7/c1-2-3-4-5-6-7-8-9-10-11-12-16-31-18-20-33-22-24-35-25-23-34-21-19-32-17-15-28-26(29)13-14-27(28)30/h13-14H,2-12,15-25H2,1H3. The van der Waals surface area contributed by atoms with Gasteiger partial charge in [-0.25, -0.2) is 0 Å². The van der Waals surface area contributed by atoms with Crippen LogP contribution in [0, 0.1) is 0 Å². The molecular weight excluding hydrogens is 450 g/mol. The molecule has 0 fully saturated rings. The van der Waals surface area contributed by atoms with Crippen LogP contribution < -0.4 is 0 Å².